The number of rotatable bonds is 2. The van der Waals surface area contributed by atoms with E-state index in [4.69, 9.17) is 9.94 Å². The molecule has 0 aromatic heterocycles. The zero-order valence-electron chi connectivity index (χ0n) is 9.19. The van der Waals surface area contributed by atoms with Crippen molar-refractivity contribution in [3.05, 3.63) is 29.3 Å². The smallest absolute Gasteiger partial charge is 0.246 e. The molecule has 86 valence electrons. The van der Waals surface area contributed by atoms with Crippen LogP contribution >= 0.6 is 0 Å². The van der Waals surface area contributed by atoms with Crippen LogP contribution in [-0.4, -0.2) is 18.2 Å². The zero-order chi connectivity index (χ0) is 11.5. The molecule has 0 radical (unpaired) electrons. The van der Waals surface area contributed by atoms with E-state index in [1.54, 1.807) is 12.6 Å². The van der Waals surface area contributed by atoms with E-state index < -0.39 is 0 Å². The summed E-state index contributed by atoms with van der Waals surface area (Å²) >= 11 is 0. The van der Waals surface area contributed by atoms with Crippen LogP contribution in [0.4, 0.5) is 0 Å². The van der Waals surface area contributed by atoms with Gasteiger partial charge in [0, 0.05) is 5.92 Å². The normalized spacial score (nSPS) is 18.8. The SMILES string of the molecule is COc1ccc2c(c1)CCC(C(=O)NO)C2. The average molecular weight is 221 g/mol. The molecule has 0 aliphatic heterocycles. The number of methoxy groups -OCH3 is 1. The van der Waals surface area contributed by atoms with Crippen molar-refractivity contribution >= 4 is 5.91 Å². The maximum atomic E-state index is 11.3. The second-order valence-corrected chi connectivity index (χ2v) is 4.05. The molecule has 1 aliphatic rings. The molecule has 1 unspecified atom stereocenters. The largest absolute Gasteiger partial charge is 0.497 e. The Morgan fingerprint density at radius 1 is 1.50 bits per heavy atom. The molecule has 0 saturated carbocycles. The summed E-state index contributed by atoms with van der Waals surface area (Å²) in [4.78, 5) is 11.3. The van der Waals surface area contributed by atoms with Crippen LogP contribution in [0, 0.1) is 5.92 Å². The number of amides is 1. The first-order chi connectivity index (χ1) is 7.74. The van der Waals surface area contributed by atoms with Crippen LogP contribution in [0.15, 0.2) is 18.2 Å². The summed E-state index contributed by atoms with van der Waals surface area (Å²) in [5, 5.41) is 8.60. The molecular formula is C12H15NO3. The molecule has 0 fully saturated rings. The monoisotopic (exact) mass is 221 g/mol. The van der Waals surface area contributed by atoms with E-state index in [0.717, 1.165) is 18.6 Å². The fourth-order valence-electron chi connectivity index (χ4n) is 2.17. The van der Waals surface area contributed by atoms with E-state index in [1.807, 2.05) is 18.2 Å². The molecule has 1 amide bonds. The number of fused-ring (bicyclic) bond motifs is 1. The Hall–Kier alpha value is -1.55. The maximum absolute atomic E-state index is 11.3. The van der Waals surface area contributed by atoms with E-state index in [1.165, 1.54) is 11.1 Å². The minimum Gasteiger partial charge on any atom is -0.497 e. The highest BCUT2D eigenvalue weighted by molar-refractivity contribution is 5.78. The topological polar surface area (TPSA) is 58.6 Å². The van der Waals surface area contributed by atoms with Crippen molar-refractivity contribution in [3.8, 4) is 5.75 Å². The zero-order valence-corrected chi connectivity index (χ0v) is 9.19. The third kappa shape index (κ3) is 2.02. The predicted molar refractivity (Wildman–Crippen MR) is 58.4 cm³/mol. The Balaban J connectivity index is 2.18. The highest BCUT2D eigenvalue weighted by Crippen LogP contribution is 2.28. The summed E-state index contributed by atoms with van der Waals surface area (Å²) in [7, 11) is 1.65. The van der Waals surface area contributed by atoms with Crippen LogP contribution in [0.5, 0.6) is 5.75 Å². The van der Waals surface area contributed by atoms with E-state index in [9.17, 15) is 4.79 Å². The number of ether oxygens (including phenoxy) is 1. The molecule has 2 N–H and O–H groups in total. The molecule has 0 heterocycles. The molecule has 1 aliphatic carbocycles. The minimum atomic E-state index is -0.290. The molecule has 16 heavy (non-hydrogen) atoms. The fourth-order valence-corrected chi connectivity index (χ4v) is 2.17. The first-order valence-corrected chi connectivity index (χ1v) is 5.34. The number of hydrogen-bond donors (Lipinski definition) is 2. The van der Waals surface area contributed by atoms with Gasteiger partial charge in [0.25, 0.3) is 0 Å². The van der Waals surface area contributed by atoms with Crippen LogP contribution in [0.2, 0.25) is 0 Å². The van der Waals surface area contributed by atoms with Gasteiger partial charge in [0.1, 0.15) is 5.75 Å². The molecule has 1 aromatic rings. The molecule has 1 aromatic carbocycles. The molecule has 2 rings (SSSR count). The van der Waals surface area contributed by atoms with Gasteiger partial charge in [-0.1, -0.05) is 6.07 Å². The Bertz CT molecular complexity index is 403. The molecular weight excluding hydrogens is 206 g/mol. The summed E-state index contributed by atoms with van der Waals surface area (Å²) in [5.41, 5.74) is 4.13. The van der Waals surface area contributed by atoms with Crippen molar-refractivity contribution in [2.45, 2.75) is 19.3 Å². The van der Waals surface area contributed by atoms with Crippen molar-refractivity contribution in [2.24, 2.45) is 5.92 Å². The van der Waals surface area contributed by atoms with Gasteiger partial charge in [-0.05, 0) is 42.5 Å². The second-order valence-electron chi connectivity index (χ2n) is 4.05. The number of hydrogen-bond acceptors (Lipinski definition) is 3. The van der Waals surface area contributed by atoms with E-state index in [-0.39, 0.29) is 11.8 Å². The lowest BCUT2D eigenvalue weighted by molar-refractivity contribution is -0.133. The number of benzene rings is 1. The summed E-state index contributed by atoms with van der Waals surface area (Å²) in [6, 6.07) is 5.91. The molecule has 1 atom stereocenters. The predicted octanol–water partition coefficient (Wildman–Crippen LogP) is 1.31. The maximum Gasteiger partial charge on any atom is 0.246 e. The lowest BCUT2D eigenvalue weighted by Gasteiger charge is -2.23. The van der Waals surface area contributed by atoms with Gasteiger partial charge in [0.05, 0.1) is 7.11 Å². The van der Waals surface area contributed by atoms with Crippen LogP contribution in [-0.2, 0) is 17.6 Å². The minimum absolute atomic E-state index is 0.120. The number of carbonyl (C=O) groups excluding carboxylic acids is 1. The number of aryl methyl sites for hydroxylation is 1. The first kappa shape index (κ1) is 11.0. The summed E-state index contributed by atoms with van der Waals surface area (Å²) in [6.07, 6.45) is 2.31. The Kier molecular flexibility index (Phi) is 3.10. The Morgan fingerprint density at radius 3 is 3.00 bits per heavy atom. The Labute approximate surface area is 94.2 Å². The van der Waals surface area contributed by atoms with Gasteiger partial charge in [-0.2, -0.15) is 0 Å². The molecule has 0 bridgehead atoms. The fraction of sp³-hybridized carbons (Fsp3) is 0.417. The van der Waals surface area contributed by atoms with Crippen LogP contribution < -0.4 is 10.2 Å². The van der Waals surface area contributed by atoms with Gasteiger partial charge < -0.3 is 4.74 Å². The van der Waals surface area contributed by atoms with E-state index >= 15 is 0 Å². The second kappa shape index (κ2) is 4.53. The number of hydroxylamine groups is 1. The first-order valence-electron chi connectivity index (χ1n) is 5.34. The average Bonchev–Trinajstić information content (AvgIpc) is 2.36. The summed E-state index contributed by atoms with van der Waals surface area (Å²) < 4.78 is 5.16. The van der Waals surface area contributed by atoms with Crippen molar-refractivity contribution in [1.29, 1.82) is 0 Å². The van der Waals surface area contributed by atoms with Gasteiger partial charge in [-0.15, -0.1) is 0 Å². The Morgan fingerprint density at radius 2 is 2.31 bits per heavy atom. The molecule has 0 spiro atoms. The highest BCUT2D eigenvalue weighted by atomic mass is 16.5. The third-order valence-electron chi connectivity index (χ3n) is 3.12. The van der Waals surface area contributed by atoms with Gasteiger partial charge >= 0.3 is 0 Å². The van der Waals surface area contributed by atoms with Gasteiger partial charge in [0.2, 0.25) is 5.91 Å². The third-order valence-corrected chi connectivity index (χ3v) is 3.12. The molecule has 4 nitrogen and oxygen atoms in total. The summed E-state index contributed by atoms with van der Waals surface area (Å²) in [5.74, 6) is 0.441. The van der Waals surface area contributed by atoms with Crippen molar-refractivity contribution in [1.82, 2.24) is 5.48 Å². The van der Waals surface area contributed by atoms with Gasteiger partial charge in [0.15, 0.2) is 0 Å². The molecule has 0 saturated heterocycles. The lowest BCUT2D eigenvalue weighted by atomic mass is 9.83. The van der Waals surface area contributed by atoms with Gasteiger partial charge in [-0.25, -0.2) is 5.48 Å². The lowest BCUT2D eigenvalue weighted by Crippen LogP contribution is -2.31. The van der Waals surface area contributed by atoms with Crippen LogP contribution in [0.1, 0.15) is 17.5 Å². The number of carbonyl (C=O) groups is 1. The van der Waals surface area contributed by atoms with Crippen LogP contribution in [0.3, 0.4) is 0 Å². The summed E-state index contributed by atoms with van der Waals surface area (Å²) in [6.45, 7) is 0. The van der Waals surface area contributed by atoms with E-state index in [0.29, 0.717) is 6.42 Å². The van der Waals surface area contributed by atoms with E-state index in [2.05, 4.69) is 0 Å². The van der Waals surface area contributed by atoms with Gasteiger partial charge in [-0.3, -0.25) is 10.0 Å². The quantitative estimate of drug-likeness (QED) is 0.584. The van der Waals surface area contributed by atoms with Crippen molar-refractivity contribution in [2.75, 3.05) is 7.11 Å². The molecule has 4 heteroatoms. The van der Waals surface area contributed by atoms with Crippen molar-refractivity contribution in [3.63, 3.8) is 0 Å². The van der Waals surface area contributed by atoms with Crippen molar-refractivity contribution < 1.29 is 14.7 Å². The highest BCUT2D eigenvalue weighted by Gasteiger charge is 2.24. The number of nitrogens with one attached hydrogen (secondary N) is 1. The van der Waals surface area contributed by atoms with Crippen LogP contribution in [0.25, 0.3) is 0 Å². The standard InChI is InChI=1S/C12H15NO3/c1-16-11-5-4-8-6-10(12(14)13-15)3-2-9(8)7-11/h4-5,7,10,15H,2-3,6H2,1H3,(H,13,14).